The topological polar surface area (TPSA) is 97.5 Å². The molecule has 1 atom stereocenters. The molecular formula is C32H34N4O4. The first-order valence-corrected chi connectivity index (χ1v) is 14.1. The molecule has 9 rings (SSSR count). The maximum atomic E-state index is 13.7. The SMILES string of the molecule is Cc1cc2cc(C)c1C(=O)N1CCc3ccc(cc3C1)C(CC(=O)O)c1ccc3c(c1)nnn3CCCCCO2. The van der Waals surface area contributed by atoms with Crippen molar-refractivity contribution < 1.29 is 19.4 Å². The third-order valence-corrected chi connectivity index (χ3v) is 8.25. The number of carboxylic acid groups (broad SMARTS) is 1. The number of nitrogens with zero attached hydrogens (tertiary/aromatic N) is 4. The number of carbonyl (C=O) groups excluding carboxylic acids is 1. The van der Waals surface area contributed by atoms with E-state index in [-0.39, 0.29) is 18.2 Å². The molecule has 0 aliphatic carbocycles. The predicted molar refractivity (Wildman–Crippen MR) is 152 cm³/mol. The van der Waals surface area contributed by atoms with Gasteiger partial charge in [0.2, 0.25) is 0 Å². The minimum absolute atomic E-state index is 0.0235. The van der Waals surface area contributed by atoms with Crippen LogP contribution in [0.4, 0.5) is 0 Å². The van der Waals surface area contributed by atoms with Gasteiger partial charge in [-0.2, -0.15) is 0 Å². The summed E-state index contributed by atoms with van der Waals surface area (Å²) in [5.74, 6) is -0.373. The van der Waals surface area contributed by atoms with E-state index < -0.39 is 5.97 Å². The number of rotatable bonds is 2. The third-order valence-electron chi connectivity index (χ3n) is 8.25. The standard InChI is InChI=1S/C32H34N4O4/c1-20-14-26-15-21(2)31(20)32(39)35-12-10-22-6-7-23(16-25(22)19-35)27(18-30(37)38)24-8-9-29-28(17-24)33-34-36(29)11-4-3-5-13-40-26/h6-9,14-17,27H,3-5,10-13,18-19H2,1-2H3,(H,37,38). The van der Waals surface area contributed by atoms with Gasteiger partial charge in [-0.3, -0.25) is 9.59 Å². The van der Waals surface area contributed by atoms with Crippen molar-refractivity contribution >= 4 is 22.9 Å². The average molecular weight is 539 g/mol. The highest BCUT2D eigenvalue weighted by atomic mass is 16.5. The molecule has 8 nitrogen and oxygen atoms in total. The molecule has 6 heterocycles. The molecule has 9 bridgehead atoms. The van der Waals surface area contributed by atoms with Crippen LogP contribution in [0.5, 0.6) is 5.75 Å². The van der Waals surface area contributed by atoms with Crippen molar-refractivity contribution in [3.63, 3.8) is 0 Å². The Morgan fingerprint density at radius 1 is 0.975 bits per heavy atom. The van der Waals surface area contributed by atoms with Crippen molar-refractivity contribution in [3.05, 3.63) is 87.5 Å². The van der Waals surface area contributed by atoms with E-state index in [0.29, 0.717) is 19.7 Å². The second-order valence-electron chi connectivity index (χ2n) is 11.1. The van der Waals surface area contributed by atoms with Gasteiger partial charge in [-0.25, -0.2) is 4.68 Å². The summed E-state index contributed by atoms with van der Waals surface area (Å²) in [6.07, 6.45) is 3.58. The molecule has 40 heavy (non-hydrogen) atoms. The molecule has 0 fully saturated rings. The summed E-state index contributed by atoms with van der Waals surface area (Å²) in [5, 5.41) is 18.6. The molecule has 4 aromatic rings. The number of carbonyl (C=O) groups is 2. The number of aliphatic carboxylic acids is 1. The normalized spacial score (nSPS) is 17.7. The number of benzene rings is 3. The van der Waals surface area contributed by atoms with Gasteiger partial charge in [-0.1, -0.05) is 29.5 Å². The first-order chi connectivity index (χ1) is 19.4. The number of aromatic nitrogens is 3. The van der Waals surface area contributed by atoms with Crippen molar-refractivity contribution in [1.82, 2.24) is 19.9 Å². The minimum Gasteiger partial charge on any atom is -0.494 e. The Bertz CT molecular complexity index is 1590. The van der Waals surface area contributed by atoms with Crippen LogP contribution in [0.1, 0.15) is 75.3 Å². The Kier molecular flexibility index (Phi) is 7.00. The van der Waals surface area contributed by atoms with Crippen LogP contribution in [0.15, 0.2) is 48.5 Å². The van der Waals surface area contributed by atoms with Crippen molar-refractivity contribution in [2.24, 2.45) is 0 Å². The maximum Gasteiger partial charge on any atom is 0.304 e. The highest BCUT2D eigenvalue weighted by molar-refractivity contribution is 5.97. The lowest BCUT2D eigenvalue weighted by Crippen LogP contribution is -2.36. The molecule has 206 valence electrons. The van der Waals surface area contributed by atoms with Crippen LogP contribution in [-0.4, -0.2) is 50.0 Å². The first-order valence-electron chi connectivity index (χ1n) is 14.1. The highest BCUT2D eigenvalue weighted by Gasteiger charge is 2.27. The monoisotopic (exact) mass is 538 g/mol. The Balaban J connectivity index is 1.41. The lowest BCUT2D eigenvalue weighted by atomic mass is 9.85. The van der Waals surface area contributed by atoms with Crippen LogP contribution in [-0.2, 0) is 24.3 Å². The van der Waals surface area contributed by atoms with Gasteiger partial charge in [0.05, 0.1) is 18.5 Å². The molecule has 1 aromatic heterocycles. The summed E-state index contributed by atoms with van der Waals surface area (Å²) in [7, 11) is 0. The Morgan fingerprint density at radius 3 is 2.55 bits per heavy atom. The molecule has 1 unspecified atom stereocenters. The predicted octanol–water partition coefficient (Wildman–Crippen LogP) is 5.42. The zero-order valence-electron chi connectivity index (χ0n) is 23.0. The Hall–Kier alpha value is -4.20. The number of ether oxygens (including phenoxy) is 1. The highest BCUT2D eigenvalue weighted by Crippen LogP contribution is 2.33. The van der Waals surface area contributed by atoms with E-state index in [1.54, 1.807) is 0 Å². The fourth-order valence-corrected chi connectivity index (χ4v) is 6.17. The Morgan fingerprint density at radius 2 is 1.75 bits per heavy atom. The smallest absolute Gasteiger partial charge is 0.304 e. The van der Waals surface area contributed by atoms with Crippen LogP contribution >= 0.6 is 0 Å². The number of carboxylic acids is 1. The molecule has 0 spiro atoms. The molecule has 0 radical (unpaired) electrons. The van der Waals surface area contributed by atoms with Gasteiger partial charge in [-0.15, -0.1) is 5.10 Å². The van der Waals surface area contributed by atoms with Crippen LogP contribution in [0.2, 0.25) is 0 Å². The lowest BCUT2D eigenvalue weighted by Gasteiger charge is -2.31. The van der Waals surface area contributed by atoms with E-state index in [1.807, 2.05) is 59.8 Å². The summed E-state index contributed by atoms with van der Waals surface area (Å²) >= 11 is 0. The molecule has 8 heteroatoms. The lowest BCUT2D eigenvalue weighted by molar-refractivity contribution is -0.137. The van der Waals surface area contributed by atoms with Crippen molar-refractivity contribution in [2.75, 3.05) is 13.2 Å². The van der Waals surface area contributed by atoms with Gasteiger partial charge in [-0.05, 0) is 97.2 Å². The number of hydrogen-bond donors (Lipinski definition) is 1. The van der Waals surface area contributed by atoms with Gasteiger partial charge in [0.25, 0.3) is 5.91 Å². The van der Waals surface area contributed by atoms with Crippen molar-refractivity contribution in [1.29, 1.82) is 0 Å². The largest absolute Gasteiger partial charge is 0.494 e. The quantitative estimate of drug-likeness (QED) is 0.366. The fourth-order valence-electron chi connectivity index (χ4n) is 6.17. The van der Waals surface area contributed by atoms with E-state index >= 15 is 0 Å². The van der Waals surface area contributed by atoms with Crippen molar-refractivity contribution in [3.8, 4) is 5.75 Å². The molecule has 5 aliphatic rings. The van der Waals surface area contributed by atoms with Gasteiger partial charge in [0.15, 0.2) is 0 Å². The molecule has 5 aliphatic heterocycles. The summed E-state index contributed by atoms with van der Waals surface area (Å²) < 4.78 is 7.98. The average Bonchev–Trinajstić information content (AvgIpc) is 3.34. The molecule has 1 amide bonds. The molecule has 3 aromatic carbocycles. The van der Waals surface area contributed by atoms with Crippen LogP contribution in [0, 0.1) is 13.8 Å². The van der Waals surface area contributed by atoms with Crippen LogP contribution < -0.4 is 4.74 Å². The minimum atomic E-state index is -0.858. The first kappa shape index (κ1) is 26.0. The van der Waals surface area contributed by atoms with E-state index in [2.05, 4.69) is 22.4 Å². The van der Waals surface area contributed by atoms with E-state index in [9.17, 15) is 14.7 Å². The summed E-state index contributed by atoms with van der Waals surface area (Å²) in [6, 6.07) is 16.1. The van der Waals surface area contributed by atoms with Crippen LogP contribution in [0.3, 0.4) is 0 Å². The van der Waals surface area contributed by atoms with Gasteiger partial charge in [0.1, 0.15) is 11.3 Å². The Labute approximate surface area is 233 Å². The number of hydrogen-bond acceptors (Lipinski definition) is 5. The summed E-state index contributed by atoms with van der Waals surface area (Å²) in [5.41, 5.74) is 8.38. The molecule has 0 saturated carbocycles. The maximum absolute atomic E-state index is 13.7. The van der Waals surface area contributed by atoms with Gasteiger partial charge >= 0.3 is 5.97 Å². The fraction of sp³-hybridized carbons (Fsp3) is 0.375. The summed E-state index contributed by atoms with van der Waals surface area (Å²) in [6.45, 7) is 6.46. The second kappa shape index (κ2) is 10.8. The summed E-state index contributed by atoms with van der Waals surface area (Å²) in [4.78, 5) is 27.6. The van der Waals surface area contributed by atoms with Crippen LogP contribution in [0.25, 0.3) is 11.0 Å². The van der Waals surface area contributed by atoms with E-state index in [4.69, 9.17) is 4.74 Å². The van der Waals surface area contributed by atoms with Gasteiger partial charge < -0.3 is 14.7 Å². The number of aryl methyl sites for hydroxylation is 3. The molecular weight excluding hydrogens is 504 g/mol. The second-order valence-corrected chi connectivity index (χ2v) is 11.1. The van der Waals surface area contributed by atoms with Gasteiger partial charge in [0, 0.05) is 31.1 Å². The molecule has 0 saturated heterocycles. The number of amides is 1. The molecule has 1 N–H and O–H groups in total. The van der Waals surface area contributed by atoms with E-state index in [1.165, 1.54) is 5.56 Å². The van der Waals surface area contributed by atoms with E-state index in [0.717, 1.165) is 82.4 Å². The third kappa shape index (κ3) is 5.06. The zero-order chi connectivity index (χ0) is 27.8. The zero-order valence-corrected chi connectivity index (χ0v) is 23.0. The van der Waals surface area contributed by atoms with Crippen molar-refractivity contribution in [2.45, 2.75) is 65.0 Å².